The van der Waals surface area contributed by atoms with Gasteiger partial charge in [0.2, 0.25) is 5.91 Å². The Bertz CT molecular complexity index is 915. The third-order valence-electron chi connectivity index (χ3n) is 4.87. The van der Waals surface area contributed by atoms with Gasteiger partial charge in [-0.1, -0.05) is 12.1 Å². The SMILES string of the molecule is Cc1ncsc1-c1nc2ccccc2n1CC(=O)N1CCC(CN)C1. The number of hydrogen-bond acceptors (Lipinski definition) is 5. The lowest BCUT2D eigenvalue weighted by molar-refractivity contribution is -0.130. The van der Waals surface area contributed by atoms with E-state index in [1.165, 1.54) is 0 Å². The van der Waals surface area contributed by atoms with Gasteiger partial charge in [0.15, 0.2) is 5.82 Å². The molecule has 1 atom stereocenters. The number of imidazole rings is 1. The van der Waals surface area contributed by atoms with Crippen molar-refractivity contribution in [3.63, 3.8) is 0 Å². The first-order chi connectivity index (χ1) is 12.2. The monoisotopic (exact) mass is 355 g/mol. The summed E-state index contributed by atoms with van der Waals surface area (Å²) in [5, 5.41) is 0. The van der Waals surface area contributed by atoms with Gasteiger partial charge in [0.1, 0.15) is 6.54 Å². The number of thiazole rings is 1. The standard InChI is InChI=1S/C18H21N5OS/c1-12-17(25-11-20-12)18-21-14-4-2-3-5-15(14)23(18)10-16(24)22-7-6-13(8-19)9-22/h2-5,11,13H,6-10,19H2,1H3. The van der Waals surface area contributed by atoms with Gasteiger partial charge >= 0.3 is 0 Å². The Hall–Kier alpha value is -2.25. The molecule has 7 heteroatoms. The quantitative estimate of drug-likeness (QED) is 0.779. The molecule has 0 spiro atoms. The van der Waals surface area contributed by atoms with E-state index in [0.29, 0.717) is 19.0 Å². The van der Waals surface area contributed by atoms with Crippen LogP contribution < -0.4 is 5.73 Å². The van der Waals surface area contributed by atoms with E-state index < -0.39 is 0 Å². The van der Waals surface area contributed by atoms with Crippen LogP contribution in [0.5, 0.6) is 0 Å². The number of carbonyl (C=O) groups is 1. The summed E-state index contributed by atoms with van der Waals surface area (Å²) in [6, 6.07) is 7.95. The molecule has 3 aromatic rings. The van der Waals surface area contributed by atoms with Crippen molar-refractivity contribution in [3.05, 3.63) is 35.5 Å². The summed E-state index contributed by atoms with van der Waals surface area (Å²) < 4.78 is 2.02. The maximum absolute atomic E-state index is 12.8. The van der Waals surface area contributed by atoms with Gasteiger partial charge in [-0.25, -0.2) is 9.97 Å². The highest BCUT2D eigenvalue weighted by Gasteiger charge is 2.26. The predicted octanol–water partition coefficient (Wildman–Crippen LogP) is 2.28. The van der Waals surface area contributed by atoms with E-state index in [1.54, 1.807) is 11.3 Å². The lowest BCUT2D eigenvalue weighted by Crippen LogP contribution is -2.32. The zero-order valence-corrected chi connectivity index (χ0v) is 15.0. The summed E-state index contributed by atoms with van der Waals surface area (Å²) in [5.74, 6) is 1.37. The fourth-order valence-electron chi connectivity index (χ4n) is 3.41. The molecule has 1 aliphatic heterocycles. The van der Waals surface area contributed by atoms with Crippen LogP contribution in [0.2, 0.25) is 0 Å². The second-order valence-corrected chi connectivity index (χ2v) is 7.36. The minimum absolute atomic E-state index is 0.127. The van der Waals surface area contributed by atoms with Gasteiger partial charge in [-0.15, -0.1) is 11.3 Å². The van der Waals surface area contributed by atoms with Crippen LogP contribution >= 0.6 is 11.3 Å². The first-order valence-corrected chi connectivity index (χ1v) is 9.39. The molecule has 0 bridgehead atoms. The Morgan fingerprint density at radius 2 is 2.24 bits per heavy atom. The molecule has 1 unspecified atom stereocenters. The molecule has 2 N–H and O–H groups in total. The first-order valence-electron chi connectivity index (χ1n) is 8.51. The number of nitrogens with zero attached hydrogens (tertiary/aromatic N) is 4. The Kier molecular flexibility index (Phi) is 4.27. The van der Waals surface area contributed by atoms with E-state index in [0.717, 1.165) is 46.9 Å². The summed E-state index contributed by atoms with van der Waals surface area (Å²) in [4.78, 5) is 24.9. The van der Waals surface area contributed by atoms with Gasteiger partial charge in [-0.2, -0.15) is 0 Å². The van der Waals surface area contributed by atoms with E-state index >= 15 is 0 Å². The van der Waals surface area contributed by atoms with Crippen LogP contribution in [0, 0.1) is 12.8 Å². The number of para-hydroxylation sites is 2. The van der Waals surface area contributed by atoms with Gasteiger partial charge in [-0.3, -0.25) is 4.79 Å². The highest BCUT2D eigenvalue weighted by Crippen LogP contribution is 2.30. The van der Waals surface area contributed by atoms with Crippen molar-refractivity contribution in [2.24, 2.45) is 11.7 Å². The molecular formula is C18H21N5OS. The molecule has 4 rings (SSSR count). The van der Waals surface area contributed by atoms with Crippen LogP contribution in [0.15, 0.2) is 29.8 Å². The summed E-state index contributed by atoms with van der Waals surface area (Å²) in [5.41, 5.74) is 10.4. The topological polar surface area (TPSA) is 77.0 Å². The molecule has 1 aliphatic rings. The van der Waals surface area contributed by atoms with Crippen LogP contribution in [-0.4, -0.2) is 45.0 Å². The van der Waals surface area contributed by atoms with Gasteiger partial charge in [0.05, 0.1) is 27.1 Å². The van der Waals surface area contributed by atoms with Crippen molar-refractivity contribution in [1.29, 1.82) is 0 Å². The highest BCUT2D eigenvalue weighted by molar-refractivity contribution is 7.13. The third kappa shape index (κ3) is 2.94. The van der Waals surface area contributed by atoms with E-state index in [9.17, 15) is 4.79 Å². The molecule has 1 amide bonds. The number of rotatable bonds is 4. The molecule has 130 valence electrons. The van der Waals surface area contributed by atoms with Gasteiger partial charge in [-0.05, 0) is 37.9 Å². The molecule has 0 aliphatic carbocycles. The molecule has 0 saturated carbocycles. The first kappa shape index (κ1) is 16.2. The van der Waals surface area contributed by atoms with Crippen molar-refractivity contribution in [2.75, 3.05) is 19.6 Å². The Morgan fingerprint density at radius 3 is 2.96 bits per heavy atom. The normalized spacial score (nSPS) is 17.5. The zero-order valence-electron chi connectivity index (χ0n) is 14.2. The number of hydrogen-bond donors (Lipinski definition) is 1. The predicted molar refractivity (Wildman–Crippen MR) is 99.3 cm³/mol. The number of amides is 1. The average Bonchev–Trinajstić information content (AvgIpc) is 3.33. The fraction of sp³-hybridized carbons (Fsp3) is 0.389. The number of carbonyl (C=O) groups excluding carboxylic acids is 1. The number of fused-ring (bicyclic) bond motifs is 1. The van der Waals surface area contributed by atoms with E-state index in [1.807, 2.05) is 46.2 Å². The minimum atomic E-state index is 0.127. The second-order valence-electron chi connectivity index (χ2n) is 6.51. The van der Waals surface area contributed by atoms with E-state index in [4.69, 9.17) is 10.7 Å². The maximum Gasteiger partial charge on any atom is 0.242 e. The van der Waals surface area contributed by atoms with Crippen LogP contribution in [0.3, 0.4) is 0 Å². The Balaban J connectivity index is 1.71. The van der Waals surface area contributed by atoms with E-state index in [-0.39, 0.29) is 5.91 Å². The van der Waals surface area contributed by atoms with Crippen molar-refractivity contribution in [1.82, 2.24) is 19.4 Å². The Morgan fingerprint density at radius 1 is 1.40 bits per heavy atom. The zero-order chi connectivity index (χ0) is 17.4. The summed E-state index contributed by atoms with van der Waals surface area (Å²) in [7, 11) is 0. The van der Waals surface area contributed by atoms with Crippen molar-refractivity contribution >= 4 is 28.3 Å². The molecule has 0 radical (unpaired) electrons. The van der Waals surface area contributed by atoms with Crippen LogP contribution in [0.25, 0.3) is 21.7 Å². The van der Waals surface area contributed by atoms with Crippen LogP contribution in [0.1, 0.15) is 12.1 Å². The van der Waals surface area contributed by atoms with Crippen molar-refractivity contribution in [3.8, 4) is 10.7 Å². The van der Waals surface area contributed by atoms with Crippen molar-refractivity contribution < 1.29 is 4.79 Å². The summed E-state index contributed by atoms with van der Waals surface area (Å²) in [6.07, 6.45) is 0.994. The lowest BCUT2D eigenvalue weighted by atomic mass is 10.1. The molecule has 1 fully saturated rings. The largest absolute Gasteiger partial charge is 0.341 e. The summed E-state index contributed by atoms with van der Waals surface area (Å²) in [6.45, 7) is 4.47. The van der Waals surface area contributed by atoms with Crippen molar-refractivity contribution in [2.45, 2.75) is 19.9 Å². The minimum Gasteiger partial charge on any atom is -0.341 e. The molecule has 1 aromatic carbocycles. The van der Waals surface area contributed by atoms with E-state index in [2.05, 4.69) is 4.98 Å². The molecule has 1 saturated heterocycles. The fourth-order valence-corrected chi connectivity index (χ4v) is 4.21. The molecule has 6 nitrogen and oxygen atoms in total. The lowest BCUT2D eigenvalue weighted by Gasteiger charge is -2.18. The summed E-state index contributed by atoms with van der Waals surface area (Å²) >= 11 is 1.56. The number of likely N-dealkylation sites (tertiary alicyclic amines) is 1. The van der Waals surface area contributed by atoms with Gasteiger partial charge in [0.25, 0.3) is 0 Å². The smallest absolute Gasteiger partial charge is 0.242 e. The molecule has 25 heavy (non-hydrogen) atoms. The molecule has 2 aromatic heterocycles. The third-order valence-corrected chi connectivity index (χ3v) is 5.79. The van der Waals surface area contributed by atoms with Crippen LogP contribution in [-0.2, 0) is 11.3 Å². The number of benzene rings is 1. The molecule has 3 heterocycles. The second kappa shape index (κ2) is 6.57. The van der Waals surface area contributed by atoms with Crippen LogP contribution in [0.4, 0.5) is 0 Å². The number of nitrogens with two attached hydrogens (primary N) is 1. The maximum atomic E-state index is 12.8. The number of aromatic nitrogens is 3. The molecular weight excluding hydrogens is 334 g/mol. The average molecular weight is 355 g/mol. The highest BCUT2D eigenvalue weighted by atomic mass is 32.1. The van der Waals surface area contributed by atoms with Gasteiger partial charge < -0.3 is 15.2 Å². The van der Waals surface area contributed by atoms with Gasteiger partial charge in [0, 0.05) is 13.1 Å². The number of aryl methyl sites for hydroxylation is 1. The Labute approximate surface area is 150 Å².